The fourth-order valence-corrected chi connectivity index (χ4v) is 6.83. The minimum absolute atomic E-state index is 0.865. The molecule has 0 atom stereocenters. The van der Waals surface area contributed by atoms with E-state index >= 15 is 0 Å². The zero-order chi connectivity index (χ0) is 29.0. The summed E-state index contributed by atoms with van der Waals surface area (Å²) >= 11 is 0. The highest BCUT2D eigenvalue weighted by Gasteiger charge is 2.19. The summed E-state index contributed by atoms with van der Waals surface area (Å²) in [6.45, 7) is 0. The molecule has 2 heteroatoms. The lowest BCUT2D eigenvalue weighted by Gasteiger charge is -2.15. The van der Waals surface area contributed by atoms with Crippen LogP contribution in [0, 0.1) is 0 Å². The highest BCUT2D eigenvalue weighted by Crippen LogP contribution is 2.44. The zero-order valence-electron chi connectivity index (χ0n) is 23.9. The van der Waals surface area contributed by atoms with Crippen LogP contribution >= 0.6 is 0 Å². The molecule has 0 saturated heterocycles. The fourth-order valence-electron chi connectivity index (χ4n) is 6.83. The average Bonchev–Trinajstić information content (AvgIpc) is 3.49. The van der Waals surface area contributed by atoms with E-state index < -0.39 is 0 Å². The molecule has 0 amide bonds. The summed E-state index contributed by atoms with van der Waals surface area (Å²) in [5, 5.41) is 13.3. The van der Waals surface area contributed by atoms with E-state index in [1.165, 1.54) is 43.4 Å². The summed E-state index contributed by atoms with van der Waals surface area (Å²) in [7, 11) is 0. The van der Waals surface area contributed by atoms with E-state index in [0.29, 0.717) is 0 Å². The third-order valence-corrected chi connectivity index (χ3v) is 8.85. The van der Waals surface area contributed by atoms with Crippen LogP contribution in [0.25, 0.3) is 76.5 Å². The van der Waals surface area contributed by atoms with Gasteiger partial charge in [0.15, 0.2) is 5.58 Å². The minimum Gasteiger partial charge on any atom is -0.453 e. The predicted octanol–water partition coefficient (Wildman–Crippen LogP) is 12.1. The molecule has 9 rings (SSSR count). The lowest BCUT2D eigenvalue weighted by molar-refractivity contribution is 0.671. The Kier molecular flexibility index (Phi) is 5.54. The molecule has 44 heavy (non-hydrogen) atoms. The van der Waals surface area contributed by atoms with Gasteiger partial charge in [0.1, 0.15) is 5.58 Å². The number of nitrogens with one attached hydrogen (secondary N) is 1. The highest BCUT2D eigenvalue weighted by atomic mass is 16.3. The van der Waals surface area contributed by atoms with Gasteiger partial charge in [0.2, 0.25) is 0 Å². The van der Waals surface area contributed by atoms with Crippen LogP contribution in [0.2, 0.25) is 0 Å². The number of hydrogen-bond acceptors (Lipinski definition) is 2. The van der Waals surface area contributed by atoms with Crippen LogP contribution in [0.3, 0.4) is 0 Å². The Morgan fingerprint density at radius 2 is 0.977 bits per heavy atom. The van der Waals surface area contributed by atoms with E-state index in [2.05, 4.69) is 157 Å². The molecule has 0 fully saturated rings. The van der Waals surface area contributed by atoms with E-state index in [1.807, 2.05) is 6.07 Å². The molecule has 0 unspecified atom stereocenters. The molecule has 0 aliphatic heterocycles. The van der Waals surface area contributed by atoms with Crippen molar-refractivity contribution >= 4 is 65.6 Å². The monoisotopic (exact) mass is 561 g/mol. The average molecular weight is 562 g/mol. The van der Waals surface area contributed by atoms with Crippen molar-refractivity contribution in [3.63, 3.8) is 0 Å². The van der Waals surface area contributed by atoms with Gasteiger partial charge in [-0.05, 0) is 55.8 Å². The van der Waals surface area contributed by atoms with Crippen LogP contribution in [-0.2, 0) is 0 Å². The number of rotatable bonds is 4. The first-order chi connectivity index (χ1) is 21.8. The molecule has 1 aromatic heterocycles. The molecular weight excluding hydrogens is 534 g/mol. The number of hydrogen-bond donors (Lipinski definition) is 1. The minimum atomic E-state index is 0.865. The lowest BCUT2D eigenvalue weighted by Crippen LogP contribution is -1.94. The van der Waals surface area contributed by atoms with Crippen LogP contribution in [0.5, 0.6) is 0 Å². The maximum atomic E-state index is 6.84. The Bertz CT molecular complexity index is 2520. The molecule has 0 saturated carbocycles. The van der Waals surface area contributed by atoms with Crippen LogP contribution < -0.4 is 5.32 Å². The van der Waals surface area contributed by atoms with Gasteiger partial charge in [-0.3, -0.25) is 0 Å². The van der Waals surface area contributed by atoms with Crippen molar-refractivity contribution in [1.29, 1.82) is 0 Å². The van der Waals surface area contributed by atoms with Crippen molar-refractivity contribution in [2.45, 2.75) is 0 Å². The van der Waals surface area contributed by atoms with E-state index in [0.717, 1.165) is 44.4 Å². The number of fused-ring (bicyclic) bond motifs is 7. The Morgan fingerprint density at radius 1 is 0.364 bits per heavy atom. The Labute approximate surface area is 254 Å². The molecule has 0 spiro atoms. The molecule has 206 valence electrons. The summed E-state index contributed by atoms with van der Waals surface area (Å²) < 4.78 is 6.84. The molecule has 9 aromatic rings. The molecule has 8 aromatic carbocycles. The van der Waals surface area contributed by atoms with Crippen LogP contribution in [-0.4, -0.2) is 0 Å². The van der Waals surface area contributed by atoms with Gasteiger partial charge in [0.05, 0.1) is 5.69 Å². The van der Waals surface area contributed by atoms with Gasteiger partial charge in [-0.1, -0.05) is 146 Å². The third-order valence-electron chi connectivity index (χ3n) is 8.85. The van der Waals surface area contributed by atoms with Crippen molar-refractivity contribution in [3.8, 4) is 22.3 Å². The standard InChI is InChI=1S/C42H27NO/c1-2-12-28(13-3-1)32-21-11-23-37-40-31-18-7-5-15-29(31)26-39(42(40)44-41(32)37)43-38-25-24-35(34-19-8-9-20-36(34)38)33-22-10-16-27-14-4-6-17-30(27)33/h1-26,43H. The van der Waals surface area contributed by atoms with Gasteiger partial charge >= 0.3 is 0 Å². The number of anilines is 2. The summed E-state index contributed by atoms with van der Waals surface area (Å²) in [6, 6.07) is 56.0. The topological polar surface area (TPSA) is 25.2 Å². The van der Waals surface area contributed by atoms with Crippen LogP contribution in [0.1, 0.15) is 0 Å². The highest BCUT2D eigenvalue weighted by molar-refractivity contribution is 6.24. The van der Waals surface area contributed by atoms with Crippen molar-refractivity contribution in [2.75, 3.05) is 5.32 Å². The molecule has 0 bridgehead atoms. The SMILES string of the molecule is c1ccc(-c2cccc3c2oc2c(Nc4ccc(-c5cccc6ccccc56)c5ccccc45)cc4ccccc4c23)cc1. The first-order valence-corrected chi connectivity index (χ1v) is 15.0. The van der Waals surface area contributed by atoms with Crippen molar-refractivity contribution in [1.82, 2.24) is 0 Å². The first-order valence-electron chi connectivity index (χ1n) is 15.0. The van der Waals surface area contributed by atoms with Crippen molar-refractivity contribution < 1.29 is 4.42 Å². The summed E-state index contributed by atoms with van der Waals surface area (Å²) in [4.78, 5) is 0. The van der Waals surface area contributed by atoms with E-state index in [-0.39, 0.29) is 0 Å². The second-order valence-corrected chi connectivity index (χ2v) is 11.4. The number of furan rings is 1. The summed E-state index contributed by atoms with van der Waals surface area (Å²) in [5.41, 5.74) is 8.48. The van der Waals surface area contributed by atoms with Gasteiger partial charge < -0.3 is 9.73 Å². The van der Waals surface area contributed by atoms with Crippen LogP contribution in [0.4, 0.5) is 11.4 Å². The summed E-state index contributed by atoms with van der Waals surface area (Å²) in [5.74, 6) is 0. The van der Waals surface area contributed by atoms with Crippen molar-refractivity contribution in [3.05, 3.63) is 158 Å². The smallest absolute Gasteiger partial charge is 0.159 e. The Balaban J connectivity index is 1.27. The van der Waals surface area contributed by atoms with E-state index in [9.17, 15) is 0 Å². The van der Waals surface area contributed by atoms with E-state index in [1.54, 1.807) is 0 Å². The molecule has 1 N–H and O–H groups in total. The van der Waals surface area contributed by atoms with Gasteiger partial charge in [0, 0.05) is 27.4 Å². The summed E-state index contributed by atoms with van der Waals surface area (Å²) in [6.07, 6.45) is 0. The van der Waals surface area contributed by atoms with Crippen molar-refractivity contribution in [2.24, 2.45) is 0 Å². The second kappa shape index (κ2) is 9.86. The molecular formula is C42H27NO. The van der Waals surface area contributed by atoms with Gasteiger partial charge in [0.25, 0.3) is 0 Å². The molecule has 0 aliphatic carbocycles. The van der Waals surface area contributed by atoms with E-state index in [4.69, 9.17) is 4.42 Å². The Morgan fingerprint density at radius 3 is 1.84 bits per heavy atom. The number of para-hydroxylation sites is 1. The van der Waals surface area contributed by atoms with Gasteiger partial charge in [-0.25, -0.2) is 0 Å². The maximum Gasteiger partial charge on any atom is 0.159 e. The molecule has 2 nitrogen and oxygen atoms in total. The van der Waals surface area contributed by atoms with Gasteiger partial charge in [-0.15, -0.1) is 0 Å². The predicted molar refractivity (Wildman–Crippen MR) is 187 cm³/mol. The molecule has 0 radical (unpaired) electrons. The van der Waals surface area contributed by atoms with Gasteiger partial charge in [-0.2, -0.15) is 0 Å². The Hall–Kier alpha value is -5.86. The first kappa shape index (κ1) is 24.7. The number of benzene rings is 8. The molecule has 0 aliphatic rings. The van der Waals surface area contributed by atoms with Crippen LogP contribution in [0.15, 0.2) is 162 Å². The quantitative estimate of drug-likeness (QED) is 0.231. The zero-order valence-corrected chi connectivity index (χ0v) is 23.9. The molecule has 1 heterocycles. The largest absolute Gasteiger partial charge is 0.453 e. The second-order valence-electron chi connectivity index (χ2n) is 11.4. The third kappa shape index (κ3) is 3.82. The lowest BCUT2D eigenvalue weighted by atomic mass is 9.93. The maximum absolute atomic E-state index is 6.84. The fraction of sp³-hybridized carbons (Fsp3) is 0. The normalized spacial score (nSPS) is 11.6.